The van der Waals surface area contributed by atoms with Crippen LogP contribution in [0.3, 0.4) is 0 Å². The van der Waals surface area contributed by atoms with E-state index in [-0.39, 0.29) is 11.4 Å². The van der Waals surface area contributed by atoms with Gasteiger partial charge >= 0.3 is 0 Å². The molecule has 5 nitrogen and oxygen atoms in total. The fourth-order valence-electron chi connectivity index (χ4n) is 3.09. The third kappa shape index (κ3) is 4.55. The third-order valence-corrected chi connectivity index (χ3v) is 5.22. The van der Waals surface area contributed by atoms with Crippen LogP contribution in [0.5, 0.6) is 0 Å². The van der Waals surface area contributed by atoms with E-state index in [0.29, 0.717) is 49.4 Å². The number of halogens is 3. The highest BCUT2D eigenvalue weighted by Gasteiger charge is 2.16. The van der Waals surface area contributed by atoms with Gasteiger partial charge in [-0.2, -0.15) is 4.98 Å². The lowest BCUT2D eigenvalue weighted by molar-refractivity contribution is 0.619. The Bertz CT molecular complexity index is 1300. The van der Waals surface area contributed by atoms with Crippen LogP contribution in [-0.4, -0.2) is 14.5 Å². The number of fused-ring (bicyclic) bond motifs is 1. The minimum atomic E-state index is -0.289. The Kier molecular flexibility index (Phi) is 6.93. The van der Waals surface area contributed by atoms with Crippen LogP contribution in [0.15, 0.2) is 53.5 Å². The fraction of sp³-hybridized carbons (Fsp3) is 0.174. The summed E-state index contributed by atoms with van der Waals surface area (Å²) in [5.41, 5.74) is 2.15. The molecule has 0 amide bonds. The molecule has 0 saturated heterocycles. The van der Waals surface area contributed by atoms with Gasteiger partial charge in [0.25, 0.3) is 5.56 Å². The van der Waals surface area contributed by atoms with Crippen molar-refractivity contribution in [2.45, 2.75) is 20.8 Å². The zero-order valence-corrected chi connectivity index (χ0v) is 19.0. The Morgan fingerprint density at radius 3 is 2.39 bits per heavy atom. The summed E-state index contributed by atoms with van der Waals surface area (Å²) in [5.74, 6) is 0.00479. The van der Waals surface area contributed by atoms with Gasteiger partial charge < -0.3 is 5.32 Å². The number of nitrogens with zero attached hydrogens (tertiary/aromatic N) is 3. The van der Waals surface area contributed by atoms with Gasteiger partial charge in [-0.05, 0) is 48.9 Å². The fourth-order valence-corrected chi connectivity index (χ4v) is 3.69. The van der Waals surface area contributed by atoms with Gasteiger partial charge in [-0.1, -0.05) is 43.1 Å². The second-order valence-electron chi connectivity index (χ2n) is 6.58. The summed E-state index contributed by atoms with van der Waals surface area (Å²) in [7, 11) is 1.62. The molecule has 0 radical (unpaired) electrons. The number of hydrogen-bond donors (Lipinski definition) is 1. The SMILES string of the molecule is CC.Cc1cc(Nc2ncc3cc(-c4c(Cl)cccc4Cl)c(=O)n(C)c3n2)ccc1F. The number of rotatable bonds is 3. The van der Waals surface area contributed by atoms with Crippen molar-refractivity contribution < 1.29 is 4.39 Å². The number of anilines is 2. The normalized spacial score (nSPS) is 10.5. The van der Waals surface area contributed by atoms with Crippen molar-refractivity contribution in [1.82, 2.24) is 14.5 Å². The predicted molar refractivity (Wildman–Crippen MR) is 126 cm³/mol. The zero-order chi connectivity index (χ0) is 22.7. The molecule has 4 rings (SSSR count). The summed E-state index contributed by atoms with van der Waals surface area (Å²) in [6, 6.07) is 11.4. The van der Waals surface area contributed by atoms with Crippen LogP contribution in [0.4, 0.5) is 16.0 Å². The third-order valence-electron chi connectivity index (χ3n) is 4.59. The average Bonchev–Trinajstić information content (AvgIpc) is 2.76. The van der Waals surface area contributed by atoms with Crippen LogP contribution in [0, 0.1) is 12.7 Å². The first-order valence-electron chi connectivity index (χ1n) is 9.69. The Hall–Kier alpha value is -2.96. The summed E-state index contributed by atoms with van der Waals surface area (Å²) in [6.07, 6.45) is 1.61. The monoisotopic (exact) mass is 458 g/mol. The van der Waals surface area contributed by atoms with Crippen LogP contribution in [0.25, 0.3) is 22.2 Å². The molecule has 2 aromatic heterocycles. The maximum atomic E-state index is 13.5. The lowest BCUT2D eigenvalue weighted by atomic mass is 10.1. The molecule has 31 heavy (non-hydrogen) atoms. The Balaban J connectivity index is 0.00000132. The molecule has 0 atom stereocenters. The number of hydrogen-bond acceptors (Lipinski definition) is 4. The van der Waals surface area contributed by atoms with Gasteiger partial charge in [0.1, 0.15) is 11.5 Å². The van der Waals surface area contributed by atoms with Crippen molar-refractivity contribution >= 4 is 45.9 Å². The molecule has 0 bridgehead atoms. The average molecular weight is 459 g/mol. The maximum absolute atomic E-state index is 13.5. The van der Waals surface area contributed by atoms with Crippen molar-refractivity contribution in [2.24, 2.45) is 7.05 Å². The highest BCUT2D eigenvalue weighted by Crippen LogP contribution is 2.33. The molecule has 8 heteroatoms. The molecule has 1 N–H and O–H groups in total. The Morgan fingerprint density at radius 2 is 1.74 bits per heavy atom. The van der Waals surface area contributed by atoms with E-state index in [2.05, 4.69) is 15.3 Å². The molecule has 0 saturated carbocycles. The summed E-state index contributed by atoms with van der Waals surface area (Å²) >= 11 is 12.6. The number of aryl methyl sites for hydroxylation is 2. The van der Waals surface area contributed by atoms with Crippen molar-refractivity contribution in [2.75, 3.05) is 5.32 Å². The molecule has 4 aromatic rings. The lowest BCUT2D eigenvalue weighted by Crippen LogP contribution is -2.20. The van der Waals surface area contributed by atoms with Gasteiger partial charge in [-0.15, -0.1) is 0 Å². The van der Waals surface area contributed by atoms with E-state index in [4.69, 9.17) is 23.2 Å². The minimum Gasteiger partial charge on any atom is -0.324 e. The van der Waals surface area contributed by atoms with E-state index in [1.165, 1.54) is 10.6 Å². The van der Waals surface area contributed by atoms with Crippen molar-refractivity contribution in [3.63, 3.8) is 0 Å². The number of pyridine rings is 1. The zero-order valence-electron chi connectivity index (χ0n) is 17.5. The molecule has 0 aliphatic heterocycles. The van der Waals surface area contributed by atoms with Gasteiger partial charge in [-0.25, -0.2) is 9.37 Å². The first-order chi connectivity index (χ1) is 14.8. The molecule has 2 aromatic carbocycles. The quantitative estimate of drug-likeness (QED) is 0.379. The van der Waals surface area contributed by atoms with Crippen molar-refractivity contribution in [3.05, 3.63) is 80.4 Å². The van der Waals surface area contributed by atoms with Crippen molar-refractivity contribution in [3.8, 4) is 11.1 Å². The Labute approximate surface area is 189 Å². The second kappa shape index (κ2) is 9.45. The molecule has 0 aliphatic carbocycles. The van der Waals surface area contributed by atoms with E-state index in [0.717, 1.165) is 0 Å². The predicted octanol–water partition coefficient (Wildman–Crippen LogP) is 6.52. The van der Waals surface area contributed by atoms with E-state index >= 15 is 0 Å². The first-order valence-corrected chi connectivity index (χ1v) is 10.4. The summed E-state index contributed by atoms with van der Waals surface area (Å²) in [6.45, 7) is 5.67. The lowest BCUT2D eigenvalue weighted by Gasteiger charge is -2.12. The van der Waals surface area contributed by atoms with E-state index < -0.39 is 0 Å². The summed E-state index contributed by atoms with van der Waals surface area (Å²) in [4.78, 5) is 21.7. The topological polar surface area (TPSA) is 59.8 Å². The first kappa shape index (κ1) is 22.7. The van der Waals surface area contributed by atoms with Crippen molar-refractivity contribution in [1.29, 1.82) is 0 Å². The van der Waals surface area contributed by atoms with E-state index in [9.17, 15) is 9.18 Å². The van der Waals surface area contributed by atoms with Gasteiger partial charge in [-0.3, -0.25) is 9.36 Å². The van der Waals surface area contributed by atoms with Crippen LogP contribution >= 0.6 is 23.2 Å². The summed E-state index contributed by atoms with van der Waals surface area (Å²) < 4.78 is 14.9. The molecule has 0 fully saturated rings. The number of benzene rings is 2. The smallest absolute Gasteiger partial charge is 0.259 e. The van der Waals surface area contributed by atoms with E-state index in [1.54, 1.807) is 56.6 Å². The second-order valence-corrected chi connectivity index (χ2v) is 7.39. The van der Waals surface area contributed by atoms with Gasteiger partial charge in [0.15, 0.2) is 0 Å². The molecule has 0 spiro atoms. The van der Waals surface area contributed by atoms with Crippen LogP contribution < -0.4 is 10.9 Å². The number of aromatic nitrogens is 3. The Morgan fingerprint density at radius 1 is 1.06 bits per heavy atom. The molecule has 0 unspecified atom stereocenters. The van der Waals surface area contributed by atoms with Gasteiger partial charge in [0, 0.05) is 29.9 Å². The molecule has 0 aliphatic rings. The van der Waals surface area contributed by atoms with Gasteiger partial charge in [0.2, 0.25) is 5.95 Å². The molecule has 160 valence electrons. The van der Waals surface area contributed by atoms with Crippen LogP contribution in [0.2, 0.25) is 10.0 Å². The van der Waals surface area contributed by atoms with E-state index in [1.807, 2.05) is 13.8 Å². The molecule has 2 heterocycles. The maximum Gasteiger partial charge on any atom is 0.259 e. The summed E-state index contributed by atoms with van der Waals surface area (Å²) in [5, 5.41) is 4.46. The minimum absolute atomic E-state index is 0.283. The number of nitrogens with one attached hydrogen (secondary N) is 1. The van der Waals surface area contributed by atoms with Crippen LogP contribution in [0.1, 0.15) is 19.4 Å². The van der Waals surface area contributed by atoms with Crippen LogP contribution in [-0.2, 0) is 7.05 Å². The molecular weight excluding hydrogens is 438 g/mol. The highest BCUT2D eigenvalue weighted by molar-refractivity contribution is 6.39. The van der Waals surface area contributed by atoms with Gasteiger partial charge in [0.05, 0.1) is 15.6 Å². The highest BCUT2D eigenvalue weighted by atomic mass is 35.5. The molecular formula is C23H21Cl2FN4O. The largest absolute Gasteiger partial charge is 0.324 e. The standard InChI is InChI=1S/C21H15Cl2FN4O.C2H6/c1-11-8-13(6-7-17(11)24)26-21-25-10-12-9-14(20(29)28(2)19(12)27-21)18-15(22)4-3-5-16(18)23;1-2/h3-10H,1-2H3,(H,25,26,27);1-2H3.